The second kappa shape index (κ2) is 9.17. The highest BCUT2D eigenvalue weighted by atomic mass is 16.2. The van der Waals surface area contributed by atoms with Crippen molar-refractivity contribution in [2.75, 3.05) is 13.1 Å². The molecule has 0 bridgehead atoms. The summed E-state index contributed by atoms with van der Waals surface area (Å²) in [6.07, 6.45) is 4.68. The van der Waals surface area contributed by atoms with Crippen molar-refractivity contribution >= 4 is 11.8 Å². The van der Waals surface area contributed by atoms with E-state index in [0.717, 1.165) is 12.4 Å². The van der Waals surface area contributed by atoms with Crippen LogP contribution in [0.5, 0.6) is 0 Å². The summed E-state index contributed by atoms with van der Waals surface area (Å²) in [4.78, 5) is 28.0. The highest BCUT2D eigenvalue weighted by Gasteiger charge is 2.20. The second-order valence-corrected chi connectivity index (χ2v) is 7.31. The minimum atomic E-state index is -0.438. The Bertz CT molecular complexity index is 717. The molecule has 2 aromatic rings. The van der Waals surface area contributed by atoms with Crippen LogP contribution in [0.1, 0.15) is 38.6 Å². The molecule has 2 rings (SSSR count). The van der Waals surface area contributed by atoms with Gasteiger partial charge in [-0.1, -0.05) is 51.1 Å². The number of nitrogens with one attached hydrogen (secondary N) is 2. The largest absolute Gasteiger partial charge is 0.356 e. The highest BCUT2D eigenvalue weighted by Crippen LogP contribution is 2.12. The van der Waals surface area contributed by atoms with Gasteiger partial charge in [0.15, 0.2) is 0 Å². The van der Waals surface area contributed by atoms with Crippen molar-refractivity contribution in [1.82, 2.24) is 20.2 Å². The Labute approximate surface area is 155 Å². The average molecular weight is 356 g/mol. The van der Waals surface area contributed by atoms with Crippen LogP contribution in [0, 0.1) is 5.41 Å². The summed E-state index contributed by atoms with van der Waals surface area (Å²) in [5.74, 6) is 0.823. The summed E-state index contributed by atoms with van der Waals surface area (Å²) in [6.45, 7) is 7.19. The van der Waals surface area contributed by atoms with Crippen LogP contribution < -0.4 is 10.6 Å². The third-order valence-corrected chi connectivity index (χ3v) is 3.99. The first-order valence-electron chi connectivity index (χ1n) is 8.95. The molecule has 0 saturated heterocycles. The number of carbonyl (C=O) groups is 2. The summed E-state index contributed by atoms with van der Waals surface area (Å²) in [7, 11) is 0. The van der Waals surface area contributed by atoms with Gasteiger partial charge in [-0.25, -0.2) is 4.98 Å². The van der Waals surface area contributed by atoms with E-state index in [1.165, 1.54) is 5.56 Å². The molecule has 6 nitrogen and oxygen atoms in total. The lowest BCUT2D eigenvalue weighted by Crippen LogP contribution is -2.37. The number of rotatable bonds is 8. The lowest BCUT2D eigenvalue weighted by atomic mass is 9.96. The predicted octanol–water partition coefficient (Wildman–Crippen LogP) is 2.14. The van der Waals surface area contributed by atoms with Crippen LogP contribution in [-0.4, -0.2) is 34.5 Å². The third kappa shape index (κ3) is 6.35. The first kappa shape index (κ1) is 19.7. The van der Waals surface area contributed by atoms with Gasteiger partial charge >= 0.3 is 0 Å². The lowest BCUT2D eigenvalue weighted by Gasteiger charge is -2.17. The molecular formula is C20H28N4O2. The Morgan fingerprint density at radius 2 is 1.81 bits per heavy atom. The molecule has 1 aromatic carbocycles. The second-order valence-electron chi connectivity index (χ2n) is 7.31. The van der Waals surface area contributed by atoms with Crippen LogP contribution in [-0.2, 0) is 22.6 Å². The Morgan fingerprint density at radius 3 is 2.50 bits per heavy atom. The normalized spacial score (nSPS) is 11.2. The lowest BCUT2D eigenvalue weighted by molar-refractivity contribution is -0.128. The highest BCUT2D eigenvalue weighted by molar-refractivity contribution is 5.82. The standard InChI is InChI=1S/C20H28N4O2/c1-20(2,3)19(26)23-12-10-18(25)22-11-9-17-21-13-14-24(17)15-16-7-5-4-6-8-16/h4-8,13-14H,9-12,15H2,1-3H3,(H,22,25)(H,23,26). The van der Waals surface area contributed by atoms with Crippen molar-refractivity contribution in [3.8, 4) is 0 Å². The van der Waals surface area contributed by atoms with Gasteiger partial charge in [0.2, 0.25) is 11.8 Å². The van der Waals surface area contributed by atoms with E-state index in [1.54, 1.807) is 6.20 Å². The fourth-order valence-corrected chi connectivity index (χ4v) is 2.45. The molecule has 0 radical (unpaired) electrons. The molecule has 0 aliphatic rings. The zero-order valence-electron chi connectivity index (χ0n) is 15.8. The average Bonchev–Trinajstić information content (AvgIpc) is 3.02. The molecule has 2 N–H and O–H groups in total. The molecule has 1 heterocycles. The summed E-state index contributed by atoms with van der Waals surface area (Å²) < 4.78 is 2.09. The van der Waals surface area contributed by atoms with Crippen LogP contribution in [0.2, 0.25) is 0 Å². The van der Waals surface area contributed by atoms with Gasteiger partial charge in [-0.3, -0.25) is 9.59 Å². The fourth-order valence-electron chi connectivity index (χ4n) is 2.45. The number of imidazole rings is 1. The van der Waals surface area contributed by atoms with Crippen LogP contribution >= 0.6 is 0 Å². The number of hydrogen-bond donors (Lipinski definition) is 2. The van der Waals surface area contributed by atoms with Gasteiger partial charge in [-0.2, -0.15) is 0 Å². The van der Waals surface area contributed by atoms with Gasteiger partial charge in [0.05, 0.1) is 0 Å². The molecule has 0 saturated carbocycles. The van der Waals surface area contributed by atoms with Crippen molar-refractivity contribution in [3.63, 3.8) is 0 Å². The van der Waals surface area contributed by atoms with Gasteiger partial charge < -0.3 is 15.2 Å². The molecule has 140 valence electrons. The van der Waals surface area contributed by atoms with E-state index in [9.17, 15) is 9.59 Å². The number of benzene rings is 1. The van der Waals surface area contributed by atoms with Gasteiger partial charge in [0.25, 0.3) is 0 Å². The molecule has 0 unspecified atom stereocenters. The molecule has 6 heteroatoms. The number of hydrogen-bond acceptors (Lipinski definition) is 3. The van der Waals surface area contributed by atoms with Crippen LogP contribution in [0.15, 0.2) is 42.7 Å². The molecule has 0 atom stereocenters. The maximum Gasteiger partial charge on any atom is 0.225 e. The molecular weight excluding hydrogens is 328 g/mol. The summed E-state index contributed by atoms with van der Waals surface area (Å²) >= 11 is 0. The Kier molecular flexibility index (Phi) is 6.95. The summed E-state index contributed by atoms with van der Waals surface area (Å²) in [5, 5.41) is 5.66. The van der Waals surface area contributed by atoms with E-state index in [1.807, 2.05) is 45.2 Å². The van der Waals surface area contributed by atoms with E-state index in [0.29, 0.717) is 19.5 Å². The minimum Gasteiger partial charge on any atom is -0.356 e. The van der Waals surface area contributed by atoms with E-state index < -0.39 is 5.41 Å². The summed E-state index contributed by atoms with van der Waals surface area (Å²) in [6, 6.07) is 10.2. The smallest absolute Gasteiger partial charge is 0.225 e. The number of carbonyl (C=O) groups excluding carboxylic acids is 2. The van der Waals surface area contributed by atoms with Crippen molar-refractivity contribution in [2.24, 2.45) is 5.41 Å². The predicted molar refractivity (Wildman–Crippen MR) is 102 cm³/mol. The van der Waals surface area contributed by atoms with E-state index in [-0.39, 0.29) is 18.2 Å². The van der Waals surface area contributed by atoms with Crippen LogP contribution in [0.25, 0.3) is 0 Å². The van der Waals surface area contributed by atoms with Crippen LogP contribution in [0.4, 0.5) is 0 Å². The van der Waals surface area contributed by atoms with Crippen molar-refractivity contribution < 1.29 is 9.59 Å². The van der Waals surface area contributed by atoms with E-state index in [4.69, 9.17) is 0 Å². The minimum absolute atomic E-state index is 0.0479. The van der Waals surface area contributed by atoms with Crippen molar-refractivity contribution in [3.05, 3.63) is 54.1 Å². The molecule has 0 aliphatic heterocycles. The maximum atomic E-state index is 11.9. The molecule has 0 aliphatic carbocycles. The summed E-state index contributed by atoms with van der Waals surface area (Å²) in [5.41, 5.74) is 0.775. The first-order chi connectivity index (χ1) is 12.4. The van der Waals surface area contributed by atoms with E-state index in [2.05, 4.69) is 32.3 Å². The zero-order valence-corrected chi connectivity index (χ0v) is 15.8. The number of amides is 2. The van der Waals surface area contributed by atoms with Gasteiger partial charge in [-0.05, 0) is 5.56 Å². The molecule has 0 fully saturated rings. The first-order valence-corrected chi connectivity index (χ1v) is 8.95. The van der Waals surface area contributed by atoms with Gasteiger partial charge in [-0.15, -0.1) is 0 Å². The maximum absolute atomic E-state index is 11.9. The van der Waals surface area contributed by atoms with Gasteiger partial charge in [0.1, 0.15) is 5.82 Å². The SMILES string of the molecule is CC(C)(C)C(=O)NCCC(=O)NCCc1nccn1Cc1ccccc1. The van der Waals surface area contributed by atoms with E-state index >= 15 is 0 Å². The zero-order chi connectivity index (χ0) is 19.0. The Balaban J connectivity index is 1.71. The van der Waals surface area contributed by atoms with Gasteiger partial charge in [0, 0.05) is 50.3 Å². The third-order valence-electron chi connectivity index (χ3n) is 3.99. The molecule has 26 heavy (non-hydrogen) atoms. The quantitative estimate of drug-likeness (QED) is 0.761. The topological polar surface area (TPSA) is 76.0 Å². The molecule has 2 amide bonds. The fraction of sp³-hybridized carbons (Fsp3) is 0.450. The molecule has 1 aromatic heterocycles. The molecule has 0 spiro atoms. The Morgan fingerprint density at radius 1 is 1.08 bits per heavy atom. The van der Waals surface area contributed by atoms with Crippen LogP contribution in [0.3, 0.4) is 0 Å². The van der Waals surface area contributed by atoms with Crippen molar-refractivity contribution in [2.45, 2.75) is 40.2 Å². The Hall–Kier alpha value is -2.63. The number of aromatic nitrogens is 2. The monoisotopic (exact) mass is 356 g/mol. The van der Waals surface area contributed by atoms with Crippen molar-refractivity contribution in [1.29, 1.82) is 0 Å². The number of nitrogens with zero attached hydrogens (tertiary/aromatic N) is 2.